The van der Waals surface area contributed by atoms with Crippen LogP contribution in [0.5, 0.6) is 0 Å². The van der Waals surface area contributed by atoms with E-state index in [0.29, 0.717) is 12.4 Å². The largest absolute Gasteiger partial charge is 0.443 e. The quantitative estimate of drug-likeness (QED) is 0.424. The van der Waals surface area contributed by atoms with Crippen LogP contribution in [0, 0.1) is 6.92 Å². The lowest BCUT2D eigenvalue weighted by Gasteiger charge is -2.13. The van der Waals surface area contributed by atoms with Gasteiger partial charge < -0.3 is 15.1 Å². The van der Waals surface area contributed by atoms with E-state index in [-0.39, 0.29) is 29.4 Å². The molecule has 23 heavy (non-hydrogen) atoms. The molecule has 0 unspecified atom stereocenters. The molecule has 0 amide bonds. The van der Waals surface area contributed by atoms with E-state index in [1.165, 1.54) is 10.4 Å². The second-order valence-corrected chi connectivity index (χ2v) is 7.18. The van der Waals surface area contributed by atoms with Crippen molar-refractivity contribution in [1.29, 1.82) is 0 Å². The predicted octanol–water partition coefficient (Wildman–Crippen LogP) is 3.83. The van der Waals surface area contributed by atoms with Crippen molar-refractivity contribution in [3.05, 3.63) is 39.7 Å². The van der Waals surface area contributed by atoms with Gasteiger partial charge in [-0.05, 0) is 23.9 Å². The van der Waals surface area contributed by atoms with Crippen LogP contribution in [0.3, 0.4) is 0 Å². The average molecular weight is 448 g/mol. The summed E-state index contributed by atoms with van der Waals surface area (Å²) in [7, 11) is 1.76. The number of guanidine groups is 1. The van der Waals surface area contributed by atoms with Gasteiger partial charge in [-0.2, -0.15) is 0 Å². The molecule has 0 saturated carbocycles. The minimum Gasteiger partial charge on any atom is -0.443 e. The maximum absolute atomic E-state index is 5.76. The lowest BCUT2D eigenvalue weighted by Crippen LogP contribution is -2.36. The number of rotatable bonds is 4. The molecule has 0 aliphatic carbocycles. The fourth-order valence-electron chi connectivity index (χ4n) is 1.87. The summed E-state index contributed by atoms with van der Waals surface area (Å²) >= 11 is 1.75. The monoisotopic (exact) mass is 448 g/mol. The SMILES string of the molecule is CN=C(NCc1ncc(C(C)(C)C)o1)NCc1sccc1C.I. The molecule has 2 N–H and O–H groups in total. The number of aryl methyl sites for hydroxylation is 1. The van der Waals surface area contributed by atoms with E-state index in [1.54, 1.807) is 24.6 Å². The number of aliphatic imine (C=N–C) groups is 1. The number of aromatic nitrogens is 1. The molecule has 0 bridgehead atoms. The molecule has 2 rings (SSSR count). The Bertz CT molecular complexity index is 643. The molecule has 0 aromatic carbocycles. The average Bonchev–Trinajstić information content (AvgIpc) is 3.08. The maximum Gasteiger partial charge on any atom is 0.213 e. The molecule has 2 aromatic rings. The molecule has 0 radical (unpaired) electrons. The Morgan fingerprint density at radius 3 is 2.52 bits per heavy atom. The van der Waals surface area contributed by atoms with Gasteiger partial charge in [0.25, 0.3) is 0 Å². The summed E-state index contributed by atoms with van der Waals surface area (Å²) in [6.07, 6.45) is 1.79. The van der Waals surface area contributed by atoms with Crippen LogP contribution in [0.15, 0.2) is 27.1 Å². The Morgan fingerprint density at radius 1 is 1.30 bits per heavy atom. The molecule has 0 fully saturated rings. The molecular weight excluding hydrogens is 423 g/mol. The van der Waals surface area contributed by atoms with Crippen LogP contribution in [0.4, 0.5) is 0 Å². The number of hydrogen-bond donors (Lipinski definition) is 2. The third-order valence-electron chi connectivity index (χ3n) is 3.31. The predicted molar refractivity (Wildman–Crippen MR) is 107 cm³/mol. The Kier molecular flexibility index (Phi) is 7.53. The van der Waals surface area contributed by atoms with E-state index in [4.69, 9.17) is 4.42 Å². The van der Waals surface area contributed by atoms with Gasteiger partial charge in [0.05, 0.1) is 19.3 Å². The van der Waals surface area contributed by atoms with Crippen LogP contribution in [0.2, 0.25) is 0 Å². The summed E-state index contributed by atoms with van der Waals surface area (Å²) in [4.78, 5) is 9.83. The smallest absolute Gasteiger partial charge is 0.213 e. The molecule has 0 saturated heterocycles. The van der Waals surface area contributed by atoms with Crippen molar-refractivity contribution in [2.75, 3.05) is 7.05 Å². The number of nitrogens with one attached hydrogen (secondary N) is 2. The molecule has 0 atom stereocenters. The van der Waals surface area contributed by atoms with Gasteiger partial charge in [0.2, 0.25) is 5.89 Å². The zero-order chi connectivity index (χ0) is 16.2. The van der Waals surface area contributed by atoms with Crippen molar-refractivity contribution in [3.63, 3.8) is 0 Å². The van der Waals surface area contributed by atoms with Crippen LogP contribution in [-0.4, -0.2) is 18.0 Å². The zero-order valence-electron chi connectivity index (χ0n) is 14.3. The van der Waals surface area contributed by atoms with Crippen LogP contribution in [0.1, 0.15) is 42.9 Å². The summed E-state index contributed by atoms with van der Waals surface area (Å²) in [6.45, 7) is 9.71. The summed E-state index contributed by atoms with van der Waals surface area (Å²) in [6, 6.07) is 2.12. The normalized spacial score (nSPS) is 12.0. The molecular formula is C16H25IN4OS. The lowest BCUT2D eigenvalue weighted by atomic mass is 9.94. The van der Waals surface area contributed by atoms with Crippen molar-refractivity contribution < 1.29 is 4.42 Å². The third kappa shape index (κ3) is 5.80. The van der Waals surface area contributed by atoms with Crippen molar-refractivity contribution >= 4 is 41.3 Å². The van der Waals surface area contributed by atoms with Crippen molar-refractivity contribution in [2.45, 2.75) is 46.2 Å². The fourth-order valence-corrected chi connectivity index (χ4v) is 2.71. The first kappa shape index (κ1) is 20.0. The molecule has 5 nitrogen and oxygen atoms in total. The van der Waals surface area contributed by atoms with Gasteiger partial charge in [0, 0.05) is 17.3 Å². The van der Waals surface area contributed by atoms with Gasteiger partial charge in [0.1, 0.15) is 5.76 Å². The zero-order valence-corrected chi connectivity index (χ0v) is 17.4. The Hall–Kier alpha value is -1.09. The topological polar surface area (TPSA) is 62.5 Å². The van der Waals surface area contributed by atoms with Gasteiger partial charge >= 0.3 is 0 Å². The standard InChI is InChI=1S/C16H24N4OS.HI/c1-11-6-7-22-12(11)8-19-15(17-5)20-10-14-18-9-13(21-14)16(2,3)4;/h6-7,9H,8,10H2,1-5H3,(H2,17,19,20);1H. The second kappa shape index (κ2) is 8.68. The highest BCUT2D eigenvalue weighted by Gasteiger charge is 2.19. The molecule has 128 valence electrons. The van der Waals surface area contributed by atoms with Crippen molar-refractivity contribution in [3.8, 4) is 0 Å². The fraction of sp³-hybridized carbons (Fsp3) is 0.500. The Labute approximate surface area is 159 Å². The van der Waals surface area contributed by atoms with Crippen LogP contribution in [0.25, 0.3) is 0 Å². The van der Waals surface area contributed by atoms with Gasteiger partial charge in [-0.3, -0.25) is 4.99 Å². The van der Waals surface area contributed by atoms with E-state index in [0.717, 1.165) is 18.3 Å². The van der Waals surface area contributed by atoms with E-state index < -0.39 is 0 Å². The lowest BCUT2D eigenvalue weighted by molar-refractivity contribution is 0.379. The second-order valence-electron chi connectivity index (χ2n) is 6.17. The van der Waals surface area contributed by atoms with E-state index in [9.17, 15) is 0 Å². The van der Waals surface area contributed by atoms with Crippen molar-refractivity contribution in [2.24, 2.45) is 4.99 Å². The molecule has 2 heterocycles. The van der Waals surface area contributed by atoms with Crippen LogP contribution in [-0.2, 0) is 18.5 Å². The van der Waals surface area contributed by atoms with E-state index in [1.807, 2.05) is 0 Å². The number of thiophene rings is 1. The number of hydrogen-bond acceptors (Lipinski definition) is 4. The number of nitrogens with zero attached hydrogens (tertiary/aromatic N) is 2. The first-order valence-corrected chi connectivity index (χ1v) is 8.21. The highest BCUT2D eigenvalue weighted by atomic mass is 127. The summed E-state index contributed by atoms with van der Waals surface area (Å²) in [5.74, 6) is 2.30. The van der Waals surface area contributed by atoms with Crippen molar-refractivity contribution in [1.82, 2.24) is 15.6 Å². The molecule has 0 aliphatic rings. The molecule has 0 spiro atoms. The highest BCUT2D eigenvalue weighted by molar-refractivity contribution is 14.0. The molecule has 2 aromatic heterocycles. The van der Waals surface area contributed by atoms with Crippen LogP contribution >= 0.6 is 35.3 Å². The number of halogens is 1. The van der Waals surface area contributed by atoms with Crippen LogP contribution < -0.4 is 10.6 Å². The highest BCUT2D eigenvalue weighted by Crippen LogP contribution is 2.22. The minimum absolute atomic E-state index is 0. The first-order valence-electron chi connectivity index (χ1n) is 7.33. The van der Waals surface area contributed by atoms with Gasteiger partial charge in [-0.15, -0.1) is 35.3 Å². The first-order chi connectivity index (χ1) is 10.4. The Balaban J connectivity index is 0.00000264. The molecule has 7 heteroatoms. The molecule has 0 aliphatic heterocycles. The van der Waals surface area contributed by atoms with E-state index >= 15 is 0 Å². The van der Waals surface area contributed by atoms with Gasteiger partial charge in [0.15, 0.2) is 5.96 Å². The minimum atomic E-state index is -0.0259. The maximum atomic E-state index is 5.76. The Morgan fingerprint density at radius 2 is 2.00 bits per heavy atom. The van der Waals surface area contributed by atoms with Gasteiger partial charge in [-0.1, -0.05) is 20.8 Å². The summed E-state index contributed by atoms with van der Waals surface area (Å²) < 4.78 is 5.76. The van der Waals surface area contributed by atoms with E-state index in [2.05, 4.69) is 59.8 Å². The van der Waals surface area contributed by atoms with Gasteiger partial charge in [-0.25, -0.2) is 4.98 Å². The summed E-state index contributed by atoms with van der Waals surface area (Å²) in [5, 5.41) is 8.62. The number of oxazole rings is 1. The summed E-state index contributed by atoms with van der Waals surface area (Å²) in [5.41, 5.74) is 1.28. The third-order valence-corrected chi connectivity index (χ3v) is 4.33.